The molecule has 1 saturated heterocycles. The van der Waals surface area contributed by atoms with Crippen molar-refractivity contribution in [3.05, 3.63) is 77.2 Å². The monoisotopic (exact) mass is 505 g/mol. The number of anilines is 1. The predicted octanol–water partition coefficient (Wildman–Crippen LogP) is 2.90. The number of morpholine rings is 1. The van der Waals surface area contributed by atoms with Gasteiger partial charge in [-0.3, -0.25) is 19.3 Å². The molecule has 1 N–H and O–H groups in total. The van der Waals surface area contributed by atoms with Crippen molar-refractivity contribution >= 4 is 23.4 Å². The lowest BCUT2D eigenvalue weighted by Crippen LogP contribution is -2.43. The zero-order valence-corrected chi connectivity index (χ0v) is 20.6. The van der Waals surface area contributed by atoms with Crippen LogP contribution < -0.4 is 19.7 Å². The quantitative estimate of drug-likeness (QED) is 0.466. The highest BCUT2D eigenvalue weighted by Crippen LogP contribution is 2.35. The molecule has 0 unspecified atom stereocenters. The molecule has 5 rings (SSSR count). The summed E-state index contributed by atoms with van der Waals surface area (Å²) in [5.74, 6) is 0.294. The molecule has 0 saturated carbocycles. The van der Waals surface area contributed by atoms with E-state index in [1.54, 1.807) is 30.5 Å². The minimum Gasteiger partial charge on any atom is -0.493 e. The van der Waals surface area contributed by atoms with Crippen molar-refractivity contribution in [2.45, 2.75) is 6.04 Å². The highest BCUT2D eigenvalue weighted by molar-refractivity contribution is 6.34. The van der Waals surface area contributed by atoms with Gasteiger partial charge in [0.1, 0.15) is 5.76 Å². The van der Waals surface area contributed by atoms with E-state index in [1.807, 2.05) is 12.1 Å². The van der Waals surface area contributed by atoms with Gasteiger partial charge in [-0.25, -0.2) is 4.90 Å². The minimum absolute atomic E-state index is 0.152. The third-order valence-corrected chi connectivity index (χ3v) is 6.59. The predicted molar refractivity (Wildman–Crippen MR) is 133 cm³/mol. The summed E-state index contributed by atoms with van der Waals surface area (Å²) in [5, 5.41) is 2.95. The van der Waals surface area contributed by atoms with Crippen molar-refractivity contribution < 1.29 is 33.0 Å². The first-order valence-electron chi connectivity index (χ1n) is 11.9. The van der Waals surface area contributed by atoms with Crippen LogP contribution in [0.3, 0.4) is 0 Å². The van der Waals surface area contributed by atoms with E-state index in [0.29, 0.717) is 36.9 Å². The second-order valence-corrected chi connectivity index (χ2v) is 8.63. The molecule has 1 fully saturated rings. The van der Waals surface area contributed by atoms with Crippen LogP contribution in [0.25, 0.3) is 0 Å². The van der Waals surface area contributed by atoms with Crippen LogP contribution in [-0.4, -0.2) is 69.7 Å². The second-order valence-electron chi connectivity index (χ2n) is 8.63. The normalized spacial score (nSPS) is 16.4. The Kier molecular flexibility index (Phi) is 6.93. The summed E-state index contributed by atoms with van der Waals surface area (Å²) in [5.41, 5.74) is 1.04. The molecule has 0 radical (unpaired) electrons. The Bertz CT molecular complexity index is 1320. The molecule has 3 amide bonds. The summed E-state index contributed by atoms with van der Waals surface area (Å²) in [6, 6.07) is 12.9. The fourth-order valence-corrected chi connectivity index (χ4v) is 4.65. The van der Waals surface area contributed by atoms with Crippen molar-refractivity contribution in [1.82, 2.24) is 10.2 Å². The topological polar surface area (TPSA) is 111 Å². The highest BCUT2D eigenvalue weighted by atomic mass is 16.5. The van der Waals surface area contributed by atoms with Crippen molar-refractivity contribution in [2.75, 3.05) is 52.0 Å². The first-order chi connectivity index (χ1) is 18.0. The van der Waals surface area contributed by atoms with Crippen LogP contribution in [-0.2, 0) is 4.74 Å². The number of nitrogens with one attached hydrogen (secondary N) is 1. The summed E-state index contributed by atoms with van der Waals surface area (Å²) in [4.78, 5) is 42.6. The number of hydrogen-bond donors (Lipinski definition) is 1. The number of fused-ring (bicyclic) bond motifs is 1. The number of carbonyl (C=O) groups excluding carboxylic acids is 3. The van der Waals surface area contributed by atoms with Gasteiger partial charge in [0.05, 0.1) is 56.6 Å². The van der Waals surface area contributed by atoms with E-state index < -0.39 is 11.8 Å². The average molecular weight is 506 g/mol. The zero-order valence-electron chi connectivity index (χ0n) is 20.6. The fraction of sp³-hybridized carbons (Fsp3) is 0.296. The van der Waals surface area contributed by atoms with Gasteiger partial charge in [0.15, 0.2) is 11.5 Å². The van der Waals surface area contributed by atoms with E-state index >= 15 is 0 Å². The third kappa shape index (κ3) is 4.68. The van der Waals surface area contributed by atoms with Crippen LogP contribution in [0.4, 0.5) is 5.69 Å². The Balaban J connectivity index is 1.34. The van der Waals surface area contributed by atoms with Crippen LogP contribution in [0.5, 0.6) is 11.5 Å². The maximum absolute atomic E-state index is 13.2. The van der Waals surface area contributed by atoms with Crippen LogP contribution in [0.1, 0.15) is 42.9 Å². The summed E-state index contributed by atoms with van der Waals surface area (Å²) in [6.45, 7) is 2.99. The lowest BCUT2D eigenvalue weighted by Gasteiger charge is -2.33. The molecular formula is C27H27N3O7. The van der Waals surface area contributed by atoms with E-state index in [2.05, 4.69) is 10.2 Å². The van der Waals surface area contributed by atoms with E-state index in [0.717, 1.165) is 23.7 Å². The fourth-order valence-electron chi connectivity index (χ4n) is 4.65. The molecule has 192 valence electrons. The number of ether oxygens (including phenoxy) is 3. The van der Waals surface area contributed by atoms with Crippen LogP contribution in [0, 0.1) is 0 Å². The largest absolute Gasteiger partial charge is 0.493 e. The van der Waals surface area contributed by atoms with Gasteiger partial charge in [-0.2, -0.15) is 0 Å². The van der Waals surface area contributed by atoms with Crippen molar-refractivity contribution in [3.8, 4) is 11.5 Å². The number of imide groups is 1. The second kappa shape index (κ2) is 10.5. The first-order valence-corrected chi connectivity index (χ1v) is 11.9. The van der Waals surface area contributed by atoms with Crippen LogP contribution >= 0.6 is 0 Å². The first kappa shape index (κ1) is 24.5. The summed E-state index contributed by atoms with van der Waals surface area (Å²) in [7, 11) is 2.98. The van der Waals surface area contributed by atoms with E-state index in [4.69, 9.17) is 18.6 Å². The molecular weight excluding hydrogens is 478 g/mol. The minimum atomic E-state index is -0.511. The Morgan fingerprint density at radius 1 is 0.973 bits per heavy atom. The molecule has 0 bridgehead atoms. The SMILES string of the molecule is COc1ccc(N2C(=O)c3ccc(C(=O)NC[C@H](c4ccco4)N4CCOCC4)cc3C2=O)cc1OC. The molecule has 0 spiro atoms. The summed E-state index contributed by atoms with van der Waals surface area (Å²) in [6.07, 6.45) is 1.61. The van der Waals surface area contributed by atoms with E-state index in [1.165, 1.54) is 26.4 Å². The zero-order chi connectivity index (χ0) is 25.9. The van der Waals surface area contributed by atoms with Gasteiger partial charge in [0.25, 0.3) is 17.7 Å². The Hall–Kier alpha value is -4.15. The molecule has 37 heavy (non-hydrogen) atoms. The molecule has 1 atom stereocenters. The Morgan fingerprint density at radius 3 is 2.43 bits per heavy atom. The lowest BCUT2D eigenvalue weighted by molar-refractivity contribution is 0.0118. The standard InChI is InChI=1S/C27H27N3O7/c1-34-23-8-6-18(15-24(23)35-2)30-26(32)19-7-5-17(14-20(19)27(30)33)25(31)28-16-21(22-4-3-11-37-22)29-9-12-36-13-10-29/h3-8,11,14-15,21H,9-10,12-13,16H2,1-2H3,(H,28,31)/t21-/m1/s1. The number of carbonyl (C=O) groups is 3. The van der Waals surface area contributed by atoms with Gasteiger partial charge in [-0.15, -0.1) is 0 Å². The average Bonchev–Trinajstić information content (AvgIpc) is 3.55. The number of methoxy groups -OCH3 is 2. The maximum Gasteiger partial charge on any atom is 0.266 e. The van der Waals surface area contributed by atoms with Gasteiger partial charge in [0.2, 0.25) is 0 Å². The van der Waals surface area contributed by atoms with Crippen molar-refractivity contribution in [1.29, 1.82) is 0 Å². The lowest BCUT2D eigenvalue weighted by atomic mass is 10.0. The molecule has 2 aliphatic rings. The van der Waals surface area contributed by atoms with Crippen molar-refractivity contribution in [2.24, 2.45) is 0 Å². The molecule has 10 heteroatoms. The van der Waals surface area contributed by atoms with Gasteiger partial charge in [0, 0.05) is 31.3 Å². The number of amides is 3. The summed E-state index contributed by atoms with van der Waals surface area (Å²) < 4.78 is 21.6. The highest BCUT2D eigenvalue weighted by Gasteiger charge is 2.37. The maximum atomic E-state index is 13.2. The number of rotatable bonds is 8. The Labute approximate surface area is 213 Å². The molecule has 1 aromatic heterocycles. The van der Waals surface area contributed by atoms with E-state index in [-0.39, 0.29) is 28.6 Å². The smallest absolute Gasteiger partial charge is 0.266 e. The van der Waals surface area contributed by atoms with Gasteiger partial charge in [-0.05, 0) is 42.5 Å². The van der Waals surface area contributed by atoms with Gasteiger partial charge < -0.3 is 23.9 Å². The van der Waals surface area contributed by atoms with Crippen LogP contribution in [0.2, 0.25) is 0 Å². The molecule has 10 nitrogen and oxygen atoms in total. The van der Waals surface area contributed by atoms with E-state index in [9.17, 15) is 14.4 Å². The van der Waals surface area contributed by atoms with Gasteiger partial charge in [-0.1, -0.05) is 0 Å². The van der Waals surface area contributed by atoms with Gasteiger partial charge >= 0.3 is 0 Å². The Morgan fingerprint density at radius 2 is 1.73 bits per heavy atom. The molecule has 3 aromatic rings. The molecule has 2 aromatic carbocycles. The summed E-state index contributed by atoms with van der Waals surface area (Å²) >= 11 is 0. The molecule has 0 aliphatic carbocycles. The van der Waals surface area contributed by atoms with Crippen molar-refractivity contribution in [3.63, 3.8) is 0 Å². The number of hydrogen-bond acceptors (Lipinski definition) is 8. The number of nitrogens with zero attached hydrogens (tertiary/aromatic N) is 2. The molecule has 2 aliphatic heterocycles. The number of furan rings is 1. The third-order valence-electron chi connectivity index (χ3n) is 6.59. The van der Waals surface area contributed by atoms with Crippen LogP contribution in [0.15, 0.2) is 59.2 Å². The number of benzene rings is 2. The molecule has 3 heterocycles.